The van der Waals surface area contributed by atoms with Crippen molar-refractivity contribution >= 4 is 44.7 Å². The zero-order valence-electron chi connectivity index (χ0n) is 13.1. The second-order valence-electron chi connectivity index (χ2n) is 5.02. The first-order valence-electron chi connectivity index (χ1n) is 6.92. The molecule has 0 atom stereocenters. The molecule has 126 valence electrons. The van der Waals surface area contributed by atoms with Crippen molar-refractivity contribution in [2.75, 3.05) is 0 Å². The van der Waals surface area contributed by atoms with Gasteiger partial charge in [0.2, 0.25) is 11.0 Å². The number of fused-ring (bicyclic) bond motifs is 1. The molecule has 0 bridgehead atoms. The zero-order chi connectivity index (χ0) is 18.1. The van der Waals surface area contributed by atoms with E-state index in [9.17, 15) is 14.7 Å². The fourth-order valence-electron chi connectivity index (χ4n) is 2.16. The molecular weight excluding hydrogens is 362 g/mol. The summed E-state index contributed by atoms with van der Waals surface area (Å²) in [5.41, 5.74) is -0.637. The lowest BCUT2D eigenvalue weighted by Crippen LogP contribution is -2.38. The van der Waals surface area contributed by atoms with Crippen molar-refractivity contribution in [3.05, 3.63) is 44.6 Å². The van der Waals surface area contributed by atoms with Crippen LogP contribution in [0.4, 0.5) is 5.13 Å². The molecule has 0 amide bonds. The van der Waals surface area contributed by atoms with Gasteiger partial charge >= 0.3 is 5.69 Å². The Hall–Kier alpha value is -2.90. The van der Waals surface area contributed by atoms with E-state index in [1.165, 1.54) is 31.6 Å². The number of thiocyanates is 1. The van der Waals surface area contributed by atoms with Crippen LogP contribution in [0.1, 0.15) is 5.56 Å². The Morgan fingerprint density at radius 3 is 2.84 bits per heavy atom. The number of aliphatic imine (C=N–C) groups is 1. The highest BCUT2D eigenvalue weighted by atomic mass is 32.2. The van der Waals surface area contributed by atoms with Crippen molar-refractivity contribution in [1.29, 1.82) is 5.26 Å². The molecule has 0 saturated heterocycles. The van der Waals surface area contributed by atoms with Crippen LogP contribution in [0.5, 0.6) is 5.88 Å². The van der Waals surface area contributed by atoms with E-state index < -0.39 is 17.1 Å². The Balaban J connectivity index is 2.03. The summed E-state index contributed by atoms with van der Waals surface area (Å²) in [4.78, 5) is 33.1. The van der Waals surface area contributed by atoms with Crippen molar-refractivity contribution in [2.24, 2.45) is 19.1 Å². The van der Waals surface area contributed by atoms with E-state index in [4.69, 9.17) is 5.26 Å². The predicted molar refractivity (Wildman–Crippen MR) is 96.9 cm³/mol. The molecule has 0 aliphatic heterocycles. The first-order chi connectivity index (χ1) is 11.9. The molecule has 0 aliphatic carbocycles. The summed E-state index contributed by atoms with van der Waals surface area (Å²) >= 11 is 2.34. The first-order valence-corrected chi connectivity index (χ1v) is 8.55. The lowest BCUT2D eigenvalue weighted by molar-refractivity contribution is 0.410. The number of hydrogen-bond acceptors (Lipinski definition) is 8. The highest BCUT2D eigenvalue weighted by Gasteiger charge is 2.13. The Bertz CT molecular complexity index is 1170. The lowest BCUT2D eigenvalue weighted by Gasteiger charge is -2.06. The molecule has 0 radical (unpaired) electrons. The highest BCUT2D eigenvalue weighted by molar-refractivity contribution is 8.03. The summed E-state index contributed by atoms with van der Waals surface area (Å²) in [7, 11) is 2.69. The molecule has 3 rings (SSSR count). The number of thioether (sulfide) groups is 1. The van der Waals surface area contributed by atoms with Gasteiger partial charge in [0.1, 0.15) is 11.0 Å². The summed E-state index contributed by atoms with van der Waals surface area (Å²) in [6.45, 7) is 0. The molecule has 2 aromatic heterocycles. The fraction of sp³-hybridized carbons (Fsp3) is 0.133. The van der Waals surface area contributed by atoms with E-state index in [1.54, 1.807) is 12.1 Å². The summed E-state index contributed by atoms with van der Waals surface area (Å²) in [6, 6.07) is 5.41. The molecule has 8 nitrogen and oxygen atoms in total. The van der Waals surface area contributed by atoms with Gasteiger partial charge in [0.05, 0.1) is 10.2 Å². The predicted octanol–water partition coefficient (Wildman–Crippen LogP) is 1.72. The summed E-state index contributed by atoms with van der Waals surface area (Å²) < 4.78 is 2.71. The molecule has 10 heteroatoms. The monoisotopic (exact) mass is 373 g/mol. The number of nitriles is 1. The van der Waals surface area contributed by atoms with Crippen molar-refractivity contribution in [3.8, 4) is 11.3 Å². The third kappa shape index (κ3) is 3.07. The minimum absolute atomic E-state index is 0.0930. The van der Waals surface area contributed by atoms with Gasteiger partial charge in [0.25, 0.3) is 5.56 Å². The maximum absolute atomic E-state index is 12.1. The Labute approximate surface area is 149 Å². The van der Waals surface area contributed by atoms with Gasteiger partial charge in [-0.25, -0.2) is 14.8 Å². The summed E-state index contributed by atoms with van der Waals surface area (Å²) in [6.07, 6.45) is 1.19. The van der Waals surface area contributed by atoms with Gasteiger partial charge in [-0.05, 0) is 30.0 Å². The van der Waals surface area contributed by atoms with Crippen molar-refractivity contribution in [1.82, 2.24) is 14.1 Å². The number of benzene rings is 1. The number of nitrogens with zero attached hydrogens (tertiary/aromatic N) is 5. The topological polar surface area (TPSA) is 113 Å². The maximum Gasteiger partial charge on any atom is 0.333 e. The SMILES string of the molecule is Cn1c(O)c(C=Nc2nc3ccc(SC#N)cc3s2)c(=O)n(C)c1=O. The van der Waals surface area contributed by atoms with Crippen molar-refractivity contribution in [2.45, 2.75) is 4.90 Å². The molecule has 0 fully saturated rings. The van der Waals surface area contributed by atoms with Gasteiger partial charge in [-0.1, -0.05) is 11.3 Å². The molecule has 0 saturated carbocycles. The minimum Gasteiger partial charge on any atom is -0.494 e. The Morgan fingerprint density at radius 1 is 1.36 bits per heavy atom. The molecule has 0 aliphatic rings. The molecule has 2 heterocycles. The summed E-state index contributed by atoms with van der Waals surface area (Å²) in [5.74, 6) is -0.453. The lowest BCUT2D eigenvalue weighted by atomic mass is 10.3. The third-order valence-electron chi connectivity index (χ3n) is 3.48. The molecule has 25 heavy (non-hydrogen) atoms. The van der Waals surface area contributed by atoms with Gasteiger partial charge in [0, 0.05) is 25.2 Å². The van der Waals surface area contributed by atoms with E-state index in [0.717, 1.165) is 36.0 Å². The van der Waals surface area contributed by atoms with Crippen LogP contribution in [-0.4, -0.2) is 25.4 Å². The highest BCUT2D eigenvalue weighted by Crippen LogP contribution is 2.31. The average Bonchev–Trinajstić information content (AvgIpc) is 3.00. The van der Waals surface area contributed by atoms with Crippen LogP contribution in [0.3, 0.4) is 0 Å². The standard InChI is InChI=1S/C15H11N5O3S2/c1-19-12(21)9(13(22)20(2)15(19)23)6-17-14-18-10-4-3-8(24-7-16)5-11(10)25-14/h3-6,21H,1-2H3. The van der Waals surface area contributed by atoms with Crippen LogP contribution in [0.2, 0.25) is 0 Å². The largest absolute Gasteiger partial charge is 0.494 e. The molecule has 1 aromatic carbocycles. The molecule has 0 spiro atoms. The Kier molecular flexibility index (Phi) is 4.43. The second kappa shape index (κ2) is 6.54. The minimum atomic E-state index is -0.641. The van der Waals surface area contributed by atoms with E-state index in [-0.39, 0.29) is 5.56 Å². The second-order valence-corrected chi connectivity index (χ2v) is 6.89. The van der Waals surface area contributed by atoms with E-state index in [2.05, 4.69) is 9.98 Å². The molecular formula is C15H11N5O3S2. The average molecular weight is 373 g/mol. The fourth-order valence-corrected chi connectivity index (χ4v) is 3.50. The normalized spacial score (nSPS) is 11.2. The number of hydrogen-bond donors (Lipinski definition) is 1. The third-order valence-corrected chi connectivity index (χ3v) is 4.99. The van der Waals surface area contributed by atoms with Gasteiger partial charge in [-0.2, -0.15) is 5.26 Å². The van der Waals surface area contributed by atoms with Crippen molar-refractivity contribution in [3.63, 3.8) is 0 Å². The smallest absolute Gasteiger partial charge is 0.333 e. The maximum atomic E-state index is 12.1. The molecule has 3 aromatic rings. The van der Waals surface area contributed by atoms with Crippen LogP contribution in [0.15, 0.2) is 37.7 Å². The van der Waals surface area contributed by atoms with E-state index in [0.29, 0.717) is 5.13 Å². The zero-order valence-corrected chi connectivity index (χ0v) is 14.8. The quantitative estimate of drug-likeness (QED) is 0.425. The first kappa shape index (κ1) is 16.9. The van der Waals surface area contributed by atoms with Crippen LogP contribution >= 0.6 is 23.1 Å². The molecule has 1 N–H and O–H groups in total. The van der Waals surface area contributed by atoms with Gasteiger partial charge in [-0.3, -0.25) is 13.9 Å². The van der Waals surface area contributed by atoms with Crippen LogP contribution in [0, 0.1) is 10.7 Å². The van der Waals surface area contributed by atoms with E-state index in [1.807, 2.05) is 11.5 Å². The number of aromatic nitrogens is 3. The summed E-state index contributed by atoms with van der Waals surface area (Å²) in [5, 5.41) is 21.1. The molecule has 0 unspecified atom stereocenters. The number of rotatable bonds is 3. The Morgan fingerprint density at radius 2 is 2.12 bits per heavy atom. The van der Waals surface area contributed by atoms with Gasteiger partial charge in [0.15, 0.2) is 0 Å². The van der Waals surface area contributed by atoms with Crippen LogP contribution in [0.25, 0.3) is 10.2 Å². The van der Waals surface area contributed by atoms with Crippen molar-refractivity contribution < 1.29 is 5.11 Å². The van der Waals surface area contributed by atoms with E-state index >= 15 is 0 Å². The number of thiazole rings is 1. The van der Waals surface area contributed by atoms with Gasteiger partial charge < -0.3 is 5.11 Å². The number of aromatic hydroxyl groups is 1. The van der Waals surface area contributed by atoms with Crippen LogP contribution < -0.4 is 11.2 Å². The van der Waals surface area contributed by atoms with Gasteiger partial charge in [-0.15, -0.1) is 0 Å². The van der Waals surface area contributed by atoms with Crippen LogP contribution in [-0.2, 0) is 14.1 Å².